The molecule has 1 N–H and O–H groups in total. The second kappa shape index (κ2) is 8.81. The fourth-order valence-corrected chi connectivity index (χ4v) is 4.71. The Labute approximate surface area is 165 Å². The first-order chi connectivity index (χ1) is 13.4. The first-order valence-electron chi connectivity index (χ1n) is 9.20. The van der Waals surface area contributed by atoms with Crippen LogP contribution in [0.5, 0.6) is 0 Å². The van der Waals surface area contributed by atoms with E-state index in [9.17, 15) is 17.6 Å². The van der Waals surface area contributed by atoms with Crippen LogP contribution < -0.4 is 5.32 Å². The number of halogens is 1. The molecule has 0 saturated carbocycles. The monoisotopic (exact) mass is 405 g/mol. The van der Waals surface area contributed by atoms with Crippen LogP contribution in [0.4, 0.5) is 4.39 Å². The predicted molar refractivity (Wildman–Crippen MR) is 104 cm³/mol. The van der Waals surface area contributed by atoms with Crippen LogP contribution in [0.3, 0.4) is 0 Å². The molecule has 1 aliphatic rings. The van der Waals surface area contributed by atoms with Gasteiger partial charge in [-0.1, -0.05) is 42.5 Å². The van der Waals surface area contributed by atoms with Crippen LogP contribution in [-0.2, 0) is 21.4 Å². The summed E-state index contributed by atoms with van der Waals surface area (Å²) >= 11 is 0. The zero-order valence-corrected chi connectivity index (χ0v) is 16.5. The lowest BCUT2D eigenvalue weighted by molar-refractivity contribution is -0.126. The molecule has 0 radical (unpaired) electrons. The van der Waals surface area contributed by atoms with Gasteiger partial charge in [0.1, 0.15) is 10.7 Å². The zero-order valence-electron chi connectivity index (χ0n) is 15.7. The summed E-state index contributed by atoms with van der Waals surface area (Å²) in [5, 5.41) is 2.91. The molecule has 0 aliphatic carbocycles. The van der Waals surface area contributed by atoms with E-state index in [1.165, 1.54) is 22.5 Å². The van der Waals surface area contributed by atoms with E-state index in [1.807, 2.05) is 35.2 Å². The molecule has 1 fully saturated rings. The van der Waals surface area contributed by atoms with Gasteiger partial charge in [0.15, 0.2) is 0 Å². The van der Waals surface area contributed by atoms with E-state index in [0.717, 1.165) is 11.6 Å². The topological polar surface area (TPSA) is 69.7 Å². The van der Waals surface area contributed by atoms with Gasteiger partial charge in [0, 0.05) is 32.7 Å². The van der Waals surface area contributed by atoms with Gasteiger partial charge >= 0.3 is 0 Å². The van der Waals surface area contributed by atoms with Crippen molar-refractivity contribution in [3.05, 3.63) is 66.0 Å². The minimum absolute atomic E-state index is 0.103. The molecule has 0 bridgehead atoms. The molecule has 1 atom stereocenters. The minimum Gasteiger partial charge on any atom is -0.351 e. The molecule has 8 heteroatoms. The Hall–Kier alpha value is -2.29. The molecule has 1 saturated heterocycles. The van der Waals surface area contributed by atoms with Crippen LogP contribution in [0.15, 0.2) is 59.5 Å². The number of carbonyl (C=O) groups is 1. The number of rotatable bonds is 6. The maximum atomic E-state index is 13.9. The average Bonchev–Trinajstić information content (AvgIpc) is 2.72. The van der Waals surface area contributed by atoms with Crippen LogP contribution in [0.25, 0.3) is 0 Å². The van der Waals surface area contributed by atoms with Gasteiger partial charge in [-0.15, -0.1) is 0 Å². The molecule has 6 nitrogen and oxygen atoms in total. The third-order valence-corrected chi connectivity index (χ3v) is 6.90. The van der Waals surface area contributed by atoms with E-state index in [2.05, 4.69) is 5.32 Å². The molecule has 150 valence electrons. The largest absolute Gasteiger partial charge is 0.351 e. The van der Waals surface area contributed by atoms with Crippen LogP contribution in [0, 0.1) is 5.82 Å². The molecule has 0 aromatic heterocycles. The highest BCUT2D eigenvalue weighted by Crippen LogP contribution is 2.21. The minimum atomic E-state index is -3.88. The highest BCUT2D eigenvalue weighted by molar-refractivity contribution is 7.89. The summed E-state index contributed by atoms with van der Waals surface area (Å²) in [4.78, 5) is 14.1. The quantitative estimate of drug-likeness (QED) is 0.796. The summed E-state index contributed by atoms with van der Waals surface area (Å²) in [6, 6.07) is 14.6. The fraction of sp³-hybridized carbons (Fsp3) is 0.350. The summed E-state index contributed by atoms with van der Waals surface area (Å²) in [6.45, 7) is 3.51. The summed E-state index contributed by atoms with van der Waals surface area (Å²) in [7, 11) is -3.88. The Morgan fingerprint density at radius 2 is 1.64 bits per heavy atom. The van der Waals surface area contributed by atoms with Gasteiger partial charge in [0.05, 0.1) is 6.04 Å². The van der Waals surface area contributed by atoms with Gasteiger partial charge in [0.2, 0.25) is 15.9 Å². The van der Waals surface area contributed by atoms with E-state index in [0.29, 0.717) is 19.6 Å². The fourth-order valence-electron chi connectivity index (χ4n) is 3.22. The SMILES string of the molecule is CC(C(=O)NCc1ccccc1)N1CCN(S(=O)(=O)c2ccccc2F)CC1. The van der Waals surface area contributed by atoms with Gasteiger partial charge < -0.3 is 5.32 Å². The molecule has 0 spiro atoms. The Morgan fingerprint density at radius 3 is 2.29 bits per heavy atom. The number of hydrogen-bond donors (Lipinski definition) is 1. The van der Waals surface area contributed by atoms with Crippen LogP contribution >= 0.6 is 0 Å². The highest BCUT2D eigenvalue weighted by Gasteiger charge is 2.32. The van der Waals surface area contributed by atoms with E-state index < -0.39 is 15.8 Å². The first kappa shape index (κ1) is 20.4. The maximum absolute atomic E-state index is 13.9. The maximum Gasteiger partial charge on any atom is 0.246 e. The van der Waals surface area contributed by atoms with Gasteiger partial charge in [-0.25, -0.2) is 12.8 Å². The van der Waals surface area contributed by atoms with Crippen molar-refractivity contribution in [2.75, 3.05) is 26.2 Å². The van der Waals surface area contributed by atoms with Gasteiger partial charge in [-0.2, -0.15) is 4.31 Å². The lowest BCUT2D eigenvalue weighted by Gasteiger charge is -2.36. The number of piperazine rings is 1. The van der Waals surface area contributed by atoms with E-state index in [4.69, 9.17) is 0 Å². The van der Waals surface area contributed by atoms with Gasteiger partial charge in [0.25, 0.3) is 0 Å². The zero-order chi connectivity index (χ0) is 20.1. The van der Waals surface area contributed by atoms with Crippen molar-refractivity contribution in [2.45, 2.75) is 24.4 Å². The number of nitrogens with zero attached hydrogens (tertiary/aromatic N) is 2. The van der Waals surface area contributed by atoms with Crippen molar-refractivity contribution < 1.29 is 17.6 Å². The molecular formula is C20H24FN3O3S. The molecule has 28 heavy (non-hydrogen) atoms. The Balaban J connectivity index is 1.56. The third-order valence-electron chi connectivity index (χ3n) is 4.96. The van der Waals surface area contributed by atoms with Crippen LogP contribution in [-0.4, -0.2) is 55.8 Å². The summed E-state index contributed by atoms with van der Waals surface area (Å²) in [5.74, 6) is -0.854. The highest BCUT2D eigenvalue weighted by atomic mass is 32.2. The number of carbonyl (C=O) groups excluding carboxylic acids is 1. The number of amides is 1. The normalized spacial score (nSPS) is 17.2. The van der Waals surface area contributed by atoms with Crippen LogP contribution in [0.2, 0.25) is 0 Å². The molecular weight excluding hydrogens is 381 g/mol. The standard InChI is InChI=1S/C20H24FN3O3S/c1-16(20(25)22-15-17-7-3-2-4-8-17)23-11-13-24(14-12-23)28(26,27)19-10-6-5-9-18(19)21/h2-10,16H,11-15H2,1H3,(H,22,25). The molecule has 1 heterocycles. The molecule has 1 amide bonds. The Bertz CT molecular complexity index is 913. The van der Waals surface area contributed by atoms with Crippen molar-refractivity contribution in [1.82, 2.24) is 14.5 Å². The first-order valence-corrected chi connectivity index (χ1v) is 10.6. The smallest absolute Gasteiger partial charge is 0.246 e. The van der Waals surface area contributed by atoms with E-state index in [1.54, 1.807) is 6.92 Å². The van der Waals surface area contributed by atoms with Crippen molar-refractivity contribution in [3.63, 3.8) is 0 Å². The molecule has 2 aromatic carbocycles. The second-order valence-corrected chi connectivity index (χ2v) is 8.66. The predicted octanol–water partition coefficient (Wildman–Crippen LogP) is 1.84. The molecule has 1 aliphatic heterocycles. The molecule has 3 rings (SSSR count). The lowest BCUT2D eigenvalue weighted by Crippen LogP contribution is -2.54. The van der Waals surface area contributed by atoms with Crippen LogP contribution in [0.1, 0.15) is 12.5 Å². The van der Waals surface area contributed by atoms with E-state index in [-0.39, 0.29) is 29.9 Å². The molecule has 1 unspecified atom stereocenters. The van der Waals surface area contributed by atoms with E-state index >= 15 is 0 Å². The number of nitrogens with one attached hydrogen (secondary N) is 1. The third kappa shape index (κ3) is 4.57. The second-order valence-electron chi connectivity index (χ2n) is 6.75. The Kier molecular flexibility index (Phi) is 6.43. The number of sulfonamides is 1. The number of benzene rings is 2. The average molecular weight is 405 g/mol. The number of hydrogen-bond acceptors (Lipinski definition) is 4. The van der Waals surface area contributed by atoms with Gasteiger partial charge in [-0.3, -0.25) is 9.69 Å². The van der Waals surface area contributed by atoms with Crippen molar-refractivity contribution in [1.29, 1.82) is 0 Å². The lowest BCUT2D eigenvalue weighted by atomic mass is 10.2. The van der Waals surface area contributed by atoms with Crippen molar-refractivity contribution in [3.8, 4) is 0 Å². The summed E-state index contributed by atoms with van der Waals surface area (Å²) in [5.41, 5.74) is 1.02. The summed E-state index contributed by atoms with van der Waals surface area (Å²) in [6.07, 6.45) is 0. The van der Waals surface area contributed by atoms with Crippen molar-refractivity contribution in [2.24, 2.45) is 0 Å². The summed E-state index contributed by atoms with van der Waals surface area (Å²) < 4.78 is 40.5. The molecule has 2 aromatic rings. The van der Waals surface area contributed by atoms with Gasteiger partial charge in [-0.05, 0) is 24.6 Å². The van der Waals surface area contributed by atoms with Crippen molar-refractivity contribution >= 4 is 15.9 Å². The Morgan fingerprint density at radius 1 is 1.04 bits per heavy atom.